The Morgan fingerprint density at radius 1 is 1.07 bits per heavy atom. The Morgan fingerprint density at radius 2 is 1.67 bits per heavy atom. The first-order valence-electron chi connectivity index (χ1n) is 5.07. The summed E-state index contributed by atoms with van der Waals surface area (Å²) in [6.07, 6.45) is 0. The molecule has 0 radical (unpaired) electrons. The van der Waals surface area contributed by atoms with Crippen LogP contribution >= 0.6 is 0 Å². The van der Waals surface area contributed by atoms with Crippen LogP contribution in [0.3, 0.4) is 0 Å². The third kappa shape index (κ3) is 2.78. The zero-order chi connectivity index (χ0) is 11.4. The van der Waals surface area contributed by atoms with Gasteiger partial charge in [-0.25, -0.2) is 0 Å². The van der Waals surface area contributed by atoms with Crippen LogP contribution in [0.15, 0.2) is 12.1 Å². The fraction of sp³-hybridized carbons (Fsp3) is 0.500. The van der Waals surface area contributed by atoms with Crippen LogP contribution in [0.2, 0.25) is 0 Å². The minimum Gasteiger partial charge on any atom is -0.496 e. The SMILES string of the molecule is COc1cc(NC(C)C)c(OC)cc1C. The van der Waals surface area contributed by atoms with Crippen LogP contribution in [0.4, 0.5) is 5.69 Å². The molecule has 0 unspecified atom stereocenters. The minimum absolute atomic E-state index is 0.367. The van der Waals surface area contributed by atoms with E-state index in [1.54, 1.807) is 14.2 Å². The predicted molar refractivity (Wildman–Crippen MR) is 63.0 cm³/mol. The zero-order valence-electron chi connectivity index (χ0n) is 10.0. The van der Waals surface area contributed by atoms with Gasteiger partial charge in [-0.15, -0.1) is 0 Å². The van der Waals surface area contributed by atoms with Crippen LogP contribution in [0.5, 0.6) is 11.5 Å². The highest BCUT2D eigenvalue weighted by molar-refractivity contribution is 5.62. The Labute approximate surface area is 91.4 Å². The standard InChI is InChI=1S/C12H19NO2/c1-8(2)13-10-7-11(14-4)9(3)6-12(10)15-5/h6-8,13H,1-5H3. The third-order valence-electron chi connectivity index (χ3n) is 2.16. The molecular formula is C12H19NO2. The number of nitrogens with one attached hydrogen (secondary N) is 1. The van der Waals surface area contributed by atoms with E-state index in [9.17, 15) is 0 Å². The van der Waals surface area contributed by atoms with Crippen molar-refractivity contribution in [1.29, 1.82) is 0 Å². The summed E-state index contributed by atoms with van der Waals surface area (Å²) in [6.45, 7) is 6.18. The lowest BCUT2D eigenvalue weighted by molar-refractivity contribution is 0.401. The van der Waals surface area contributed by atoms with Crippen LogP contribution in [-0.2, 0) is 0 Å². The molecule has 0 spiro atoms. The number of benzene rings is 1. The normalized spacial score (nSPS) is 10.3. The molecule has 1 N–H and O–H groups in total. The van der Waals surface area contributed by atoms with Crippen molar-refractivity contribution >= 4 is 5.69 Å². The Bertz CT molecular complexity index is 335. The first-order valence-corrected chi connectivity index (χ1v) is 5.07. The number of hydrogen-bond acceptors (Lipinski definition) is 3. The smallest absolute Gasteiger partial charge is 0.142 e. The van der Waals surface area contributed by atoms with E-state index in [2.05, 4.69) is 19.2 Å². The van der Waals surface area contributed by atoms with Crippen molar-refractivity contribution in [3.63, 3.8) is 0 Å². The van der Waals surface area contributed by atoms with E-state index in [0.717, 1.165) is 22.7 Å². The molecule has 0 aromatic heterocycles. The van der Waals surface area contributed by atoms with Crippen molar-refractivity contribution in [1.82, 2.24) is 0 Å². The topological polar surface area (TPSA) is 30.5 Å². The zero-order valence-corrected chi connectivity index (χ0v) is 10.0. The number of methoxy groups -OCH3 is 2. The molecule has 0 fully saturated rings. The van der Waals surface area contributed by atoms with Gasteiger partial charge in [-0.3, -0.25) is 0 Å². The minimum atomic E-state index is 0.367. The van der Waals surface area contributed by atoms with Gasteiger partial charge in [0.2, 0.25) is 0 Å². The molecule has 0 bridgehead atoms. The second-order valence-electron chi connectivity index (χ2n) is 3.82. The Kier molecular flexibility index (Phi) is 3.83. The first kappa shape index (κ1) is 11.7. The predicted octanol–water partition coefficient (Wildman–Crippen LogP) is 2.83. The fourth-order valence-electron chi connectivity index (χ4n) is 1.47. The molecule has 0 amide bonds. The van der Waals surface area contributed by atoms with Gasteiger partial charge in [0.05, 0.1) is 19.9 Å². The maximum Gasteiger partial charge on any atom is 0.142 e. The number of rotatable bonds is 4. The van der Waals surface area contributed by atoms with Crippen LogP contribution in [0.1, 0.15) is 19.4 Å². The van der Waals surface area contributed by atoms with E-state index < -0.39 is 0 Å². The molecule has 15 heavy (non-hydrogen) atoms. The van der Waals surface area contributed by atoms with Crippen LogP contribution in [0, 0.1) is 6.92 Å². The molecule has 0 saturated heterocycles. The van der Waals surface area contributed by atoms with Gasteiger partial charge in [0.15, 0.2) is 0 Å². The summed E-state index contributed by atoms with van der Waals surface area (Å²) < 4.78 is 10.6. The van der Waals surface area contributed by atoms with E-state index in [-0.39, 0.29) is 0 Å². The number of aryl methyl sites for hydroxylation is 1. The second-order valence-corrected chi connectivity index (χ2v) is 3.82. The maximum atomic E-state index is 5.31. The summed E-state index contributed by atoms with van der Waals surface area (Å²) in [5.41, 5.74) is 2.04. The van der Waals surface area contributed by atoms with E-state index >= 15 is 0 Å². The van der Waals surface area contributed by atoms with Gasteiger partial charge < -0.3 is 14.8 Å². The van der Waals surface area contributed by atoms with Crippen LogP contribution in [-0.4, -0.2) is 20.3 Å². The van der Waals surface area contributed by atoms with Crippen molar-refractivity contribution in [2.75, 3.05) is 19.5 Å². The summed E-state index contributed by atoms with van der Waals surface area (Å²) >= 11 is 0. The summed E-state index contributed by atoms with van der Waals surface area (Å²) in [6, 6.07) is 4.31. The lowest BCUT2D eigenvalue weighted by Gasteiger charge is -2.16. The molecule has 0 atom stereocenters. The molecule has 1 rings (SSSR count). The van der Waals surface area contributed by atoms with Crippen molar-refractivity contribution in [2.24, 2.45) is 0 Å². The molecule has 3 nitrogen and oxygen atoms in total. The van der Waals surface area contributed by atoms with Crippen LogP contribution < -0.4 is 14.8 Å². The van der Waals surface area contributed by atoms with E-state index in [1.807, 2.05) is 19.1 Å². The quantitative estimate of drug-likeness (QED) is 0.827. The number of ether oxygens (including phenoxy) is 2. The molecule has 0 aliphatic carbocycles. The molecule has 0 saturated carbocycles. The summed E-state index contributed by atoms with van der Waals surface area (Å²) in [7, 11) is 3.35. The molecule has 0 heterocycles. The van der Waals surface area contributed by atoms with Crippen molar-refractivity contribution in [3.05, 3.63) is 17.7 Å². The molecule has 1 aromatic rings. The van der Waals surface area contributed by atoms with E-state index in [1.165, 1.54) is 0 Å². The number of hydrogen-bond donors (Lipinski definition) is 1. The molecule has 3 heteroatoms. The van der Waals surface area contributed by atoms with Gasteiger partial charge in [0, 0.05) is 12.1 Å². The molecular weight excluding hydrogens is 190 g/mol. The lowest BCUT2D eigenvalue weighted by Crippen LogP contribution is -2.11. The largest absolute Gasteiger partial charge is 0.496 e. The van der Waals surface area contributed by atoms with Gasteiger partial charge in [0.25, 0.3) is 0 Å². The lowest BCUT2D eigenvalue weighted by atomic mass is 10.1. The van der Waals surface area contributed by atoms with Gasteiger partial charge in [-0.2, -0.15) is 0 Å². The molecule has 84 valence electrons. The second kappa shape index (κ2) is 4.91. The summed E-state index contributed by atoms with van der Waals surface area (Å²) in [5, 5.41) is 3.32. The monoisotopic (exact) mass is 209 g/mol. The average Bonchev–Trinajstić information content (AvgIpc) is 2.19. The highest BCUT2D eigenvalue weighted by Gasteiger charge is 2.08. The van der Waals surface area contributed by atoms with Crippen molar-refractivity contribution < 1.29 is 9.47 Å². The van der Waals surface area contributed by atoms with E-state index in [4.69, 9.17) is 9.47 Å². The Morgan fingerprint density at radius 3 is 2.13 bits per heavy atom. The van der Waals surface area contributed by atoms with E-state index in [0.29, 0.717) is 6.04 Å². The van der Waals surface area contributed by atoms with Gasteiger partial charge >= 0.3 is 0 Å². The number of anilines is 1. The summed E-state index contributed by atoms with van der Waals surface area (Å²) in [5.74, 6) is 1.72. The maximum absolute atomic E-state index is 5.31. The van der Waals surface area contributed by atoms with Crippen molar-refractivity contribution in [2.45, 2.75) is 26.8 Å². The Hall–Kier alpha value is -1.38. The average molecular weight is 209 g/mol. The fourth-order valence-corrected chi connectivity index (χ4v) is 1.47. The van der Waals surface area contributed by atoms with Gasteiger partial charge in [-0.1, -0.05) is 0 Å². The van der Waals surface area contributed by atoms with Crippen LogP contribution in [0.25, 0.3) is 0 Å². The molecule has 1 aromatic carbocycles. The van der Waals surface area contributed by atoms with Gasteiger partial charge in [0.1, 0.15) is 11.5 Å². The van der Waals surface area contributed by atoms with Gasteiger partial charge in [-0.05, 0) is 32.4 Å². The molecule has 0 aliphatic heterocycles. The van der Waals surface area contributed by atoms with Crippen molar-refractivity contribution in [3.8, 4) is 11.5 Å². The third-order valence-corrected chi connectivity index (χ3v) is 2.16. The first-order chi connectivity index (χ1) is 7.08. The summed E-state index contributed by atoms with van der Waals surface area (Å²) in [4.78, 5) is 0. The Balaban J connectivity index is 3.10. The highest BCUT2D eigenvalue weighted by Crippen LogP contribution is 2.32. The molecule has 0 aliphatic rings. The highest BCUT2D eigenvalue weighted by atomic mass is 16.5.